The van der Waals surface area contributed by atoms with E-state index < -0.39 is 85.1 Å². The van der Waals surface area contributed by atoms with Crippen molar-refractivity contribution in [3.8, 4) is 11.1 Å². The summed E-state index contributed by atoms with van der Waals surface area (Å²) in [5, 5.41) is 34.1. The van der Waals surface area contributed by atoms with Crippen LogP contribution < -0.4 is 22.3 Å². The normalized spacial score (nSPS) is 15.3. The van der Waals surface area contributed by atoms with Crippen LogP contribution in [0.1, 0.15) is 21.5 Å². The Hall–Kier alpha value is -8.92. The molecule has 0 spiro atoms. The second kappa shape index (κ2) is 19.1. The Bertz CT molecular complexity index is 3920. The van der Waals surface area contributed by atoms with Gasteiger partial charge in [-0.05, 0) is 108 Å². The molecule has 0 atom stereocenters. The molecule has 6 aromatic rings. The van der Waals surface area contributed by atoms with Crippen molar-refractivity contribution in [2.75, 3.05) is 22.3 Å². The third-order valence-corrected chi connectivity index (χ3v) is 13.5. The van der Waals surface area contributed by atoms with Gasteiger partial charge in [-0.2, -0.15) is 40.6 Å². The molecule has 72 heavy (non-hydrogen) atoms. The molecule has 0 radical (unpaired) electrons. The van der Waals surface area contributed by atoms with Crippen molar-refractivity contribution in [1.29, 1.82) is 0 Å². The largest absolute Gasteiger partial charge is 0.478 e. The summed E-state index contributed by atoms with van der Waals surface area (Å²) in [6, 6.07) is 25.1. The number of hydrogen-bond donors (Lipinski definition) is 8. The van der Waals surface area contributed by atoms with Gasteiger partial charge in [0.2, 0.25) is 5.78 Å². The molecule has 0 unspecified atom stereocenters. The van der Waals surface area contributed by atoms with Gasteiger partial charge in [0, 0.05) is 16.3 Å². The number of rotatable bonds is 13. The number of aryl methyl sites for hydroxylation is 1. The number of Topliss-reactive ketones (excluding diaryl/α,β-unsaturated/α-hetero) is 1. The summed E-state index contributed by atoms with van der Waals surface area (Å²) in [5.41, 5.74) is 18.5. The van der Waals surface area contributed by atoms with E-state index in [0.29, 0.717) is 16.9 Å². The van der Waals surface area contributed by atoms with E-state index in [1.807, 2.05) is 12.1 Å². The van der Waals surface area contributed by atoms with Crippen LogP contribution in [0.5, 0.6) is 0 Å². The number of fused-ring (bicyclic) bond motifs is 2. The van der Waals surface area contributed by atoms with E-state index >= 15 is 0 Å². The summed E-state index contributed by atoms with van der Waals surface area (Å²) in [6.45, 7) is 1.59. The number of carbonyl (C=O) groups is 3. The van der Waals surface area contributed by atoms with Gasteiger partial charge in [0.05, 0.1) is 34.1 Å². The SMILES string of the molecule is Cc1cc(N=Nc2cc3c(cc2S(=O)(=O)O)C=C(S(=O)(=O)O)/C(=N\Nc2ccc(S(=O)(=O)O)c4ccccc24)C3=O)c(N)c(N=Nc2ccc(-c3ccc(NN=C4C=CC(=O)C(C(=O)O)=C4)cc3)cc2)c1N. The fourth-order valence-electron chi connectivity index (χ4n) is 7.21. The zero-order valence-corrected chi connectivity index (χ0v) is 39.1. The molecule has 26 heteroatoms. The molecule has 0 bridgehead atoms. The monoisotopic (exact) mass is 1030 g/mol. The third-order valence-electron chi connectivity index (χ3n) is 10.8. The minimum Gasteiger partial charge on any atom is -0.478 e. The first kappa shape index (κ1) is 49.5. The molecule has 2 aliphatic rings. The second-order valence-electron chi connectivity index (χ2n) is 15.5. The fraction of sp³-hybridized carbons (Fsp3) is 0.0217. The van der Waals surface area contributed by atoms with Gasteiger partial charge in [0.1, 0.15) is 37.3 Å². The first-order chi connectivity index (χ1) is 34.0. The number of ketones is 2. The Kier molecular flexibility index (Phi) is 13.1. The lowest BCUT2D eigenvalue weighted by Gasteiger charge is -2.18. The molecule has 0 saturated carbocycles. The van der Waals surface area contributed by atoms with Crippen LogP contribution in [0, 0.1) is 6.92 Å². The summed E-state index contributed by atoms with van der Waals surface area (Å²) in [5.74, 6) is -3.16. The van der Waals surface area contributed by atoms with Gasteiger partial charge in [-0.3, -0.25) is 34.1 Å². The summed E-state index contributed by atoms with van der Waals surface area (Å²) < 4.78 is 105. The van der Waals surface area contributed by atoms with E-state index in [0.717, 1.165) is 47.6 Å². The van der Waals surface area contributed by atoms with Gasteiger partial charge in [-0.15, -0.1) is 15.3 Å². The number of nitrogen functional groups attached to an aromatic ring is 2. The van der Waals surface area contributed by atoms with E-state index in [-0.39, 0.29) is 50.5 Å². The molecular weight excluding hydrogens is 997 g/mol. The maximum atomic E-state index is 14.0. The van der Waals surface area contributed by atoms with Crippen LogP contribution in [0.4, 0.5) is 45.5 Å². The van der Waals surface area contributed by atoms with Crippen LogP contribution in [0.3, 0.4) is 0 Å². The maximum Gasteiger partial charge on any atom is 0.339 e. The zero-order valence-electron chi connectivity index (χ0n) is 36.7. The average molecular weight is 1030 g/mol. The molecule has 364 valence electrons. The first-order valence-corrected chi connectivity index (χ1v) is 24.8. The van der Waals surface area contributed by atoms with Gasteiger partial charge < -0.3 is 16.6 Å². The minimum atomic E-state index is -5.25. The highest BCUT2D eigenvalue weighted by Crippen LogP contribution is 2.42. The van der Waals surface area contributed by atoms with Gasteiger partial charge in [-0.1, -0.05) is 48.5 Å². The van der Waals surface area contributed by atoms with Crippen molar-refractivity contribution in [3.63, 3.8) is 0 Å². The van der Waals surface area contributed by atoms with E-state index in [2.05, 4.69) is 41.5 Å². The first-order valence-electron chi connectivity index (χ1n) is 20.4. The van der Waals surface area contributed by atoms with Crippen molar-refractivity contribution in [1.82, 2.24) is 0 Å². The number of carboxylic acid groups (broad SMARTS) is 1. The Morgan fingerprint density at radius 2 is 1.26 bits per heavy atom. The molecule has 0 aliphatic heterocycles. The number of nitrogens with zero attached hydrogens (tertiary/aromatic N) is 6. The highest BCUT2D eigenvalue weighted by molar-refractivity contribution is 7.91. The smallest absolute Gasteiger partial charge is 0.339 e. The van der Waals surface area contributed by atoms with Crippen molar-refractivity contribution in [2.24, 2.45) is 30.7 Å². The molecule has 8 rings (SSSR count). The lowest BCUT2D eigenvalue weighted by Crippen LogP contribution is -2.27. The topological polar surface area (TPSA) is 385 Å². The molecule has 0 fully saturated rings. The number of anilines is 4. The van der Waals surface area contributed by atoms with Gasteiger partial charge in [0.15, 0.2) is 11.5 Å². The number of carbonyl (C=O) groups excluding carboxylic acids is 2. The highest BCUT2D eigenvalue weighted by atomic mass is 32.2. The Balaban J connectivity index is 1.05. The fourth-order valence-corrected chi connectivity index (χ4v) is 9.20. The number of carboxylic acids is 1. The summed E-state index contributed by atoms with van der Waals surface area (Å²) in [6.07, 6.45) is 4.42. The molecule has 6 aromatic carbocycles. The highest BCUT2D eigenvalue weighted by Gasteiger charge is 2.35. The molecule has 0 saturated heterocycles. The number of hydrazone groups is 2. The molecular formula is C46H34N10O13S3. The minimum absolute atomic E-state index is 0.0306. The average Bonchev–Trinajstić information content (AvgIpc) is 3.33. The van der Waals surface area contributed by atoms with Crippen molar-refractivity contribution < 1.29 is 58.4 Å². The number of nitrogens with two attached hydrogens (primary N) is 2. The van der Waals surface area contributed by atoms with Crippen LogP contribution in [-0.2, 0) is 39.9 Å². The van der Waals surface area contributed by atoms with Crippen LogP contribution in [-0.4, -0.2) is 73.0 Å². The zero-order chi connectivity index (χ0) is 51.9. The van der Waals surface area contributed by atoms with E-state index in [9.17, 15) is 58.4 Å². The molecule has 23 nitrogen and oxygen atoms in total. The molecule has 0 amide bonds. The molecule has 2 aliphatic carbocycles. The van der Waals surface area contributed by atoms with Gasteiger partial charge in [-0.25, -0.2) is 4.79 Å². The Morgan fingerprint density at radius 3 is 1.90 bits per heavy atom. The molecule has 0 heterocycles. The van der Waals surface area contributed by atoms with E-state index in [4.69, 9.17) is 11.5 Å². The van der Waals surface area contributed by atoms with Crippen LogP contribution in [0.25, 0.3) is 28.0 Å². The van der Waals surface area contributed by atoms with Crippen molar-refractivity contribution in [3.05, 3.63) is 149 Å². The van der Waals surface area contributed by atoms with Gasteiger partial charge >= 0.3 is 5.97 Å². The van der Waals surface area contributed by atoms with Crippen LogP contribution in [0.2, 0.25) is 0 Å². The number of allylic oxidation sites excluding steroid dienone is 4. The number of nitrogens with one attached hydrogen (secondary N) is 2. The Morgan fingerprint density at radius 1 is 0.625 bits per heavy atom. The number of azo groups is 2. The number of benzene rings is 6. The van der Waals surface area contributed by atoms with Crippen LogP contribution >= 0.6 is 0 Å². The Labute approximate surface area is 407 Å². The number of hydrogen-bond acceptors (Lipinski definition) is 19. The molecule has 0 aromatic heterocycles. The third kappa shape index (κ3) is 10.3. The van der Waals surface area contributed by atoms with E-state index in [1.54, 1.807) is 43.3 Å². The predicted octanol–water partition coefficient (Wildman–Crippen LogP) is 8.11. The maximum absolute atomic E-state index is 14.0. The second-order valence-corrected chi connectivity index (χ2v) is 19.7. The lowest BCUT2D eigenvalue weighted by molar-refractivity contribution is -0.134. The van der Waals surface area contributed by atoms with Gasteiger partial charge in [0.25, 0.3) is 30.4 Å². The summed E-state index contributed by atoms with van der Waals surface area (Å²) >= 11 is 0. The summed E-state index contributed by atoms with van der Waals surface area (Å²) in [7, 11) is -15.1. The molecule has 10 N–H and O–H groups in total. The standard InChI is InChI=1S/C46H34N10O13S3/c1-23-18-36(42(48)44(41(23)47)56-50-28-12-8-25(9-13-28)24-6-10-27(11-7-24)49-51-29-14-16-37(57)33(21-29)46(59)60)54-53-35-22-32-26(19-39(35)71(64,65)66)20-40(72(67,68)69)43(45(32)58)55-52-34-15-17-38(70(61,62)63)31-5-3-2-4-30(31)34/h2-22,49,52H,47-48H2,1H3,(H,59,60)(H,61,62,63)(H,64,65,66)(H,67,68,69)/b51-29?,54-53?,55-43+,56-50?. The number of aliphatic carboxylic acids is 1. The summed E-state index contributed by atoms with van der Waals surface area (Å²) in [4.78, 5) is 34.6. The predicted molar refractivity (Wildman–Crippen MR) is 266 cm³/mol. The quantitative estimate of drug-likeness (QED) is 0.0135. The van der Waals surface area contributed by atoms with Crippen molar-refractivity contribution in [2.45, 2.75) is 16.7 Å². The van der Waals surface area contributed by atoms with E-state index in [1.165, 1.54) is 42.5 Å². The lowest BCUT2D eigenvalue weighted by atomic mass is 9.94. The van der Waals surface area contributed by atoms with Crippen molar-refractivity contribution >= 4 is 122 Å². The van der Waals surface area contributed by atoms with Crippen LogP contribution in [0.15, 0.2) is 172 Å².